The van der Waals surface area contributed by atoms with Gasteiger partial charge in [-0.3, -0.25) is 4.79 Å². The van der Waals surface area contributed by atoms with E-state index in [-0.39, 0.29) is 5.91 Å². The lowest BCUT2D eigenvalue weighted by Crippen LogP contribution is -2.26. The number of nitrogens with zero attached hydrogens (tertiary/aromatic N) is 1. The normalized spacial score (nSPS) is 9.88. The van der Waals surface area contributed by atoms with Crippen molar-refractivity contribution in [2.75, 3.05) is 20.7 Å². The summed E-state index contributed by atoms with van der Waals surface area (Å²) >= 11 is 0. The Labute approximate surface area is 95.2 Å². The van der Waals surface area contributed by atoms with E-state index in [9.17, 15) is 4.79 Å². The fraction of sp³-hybridized carbons (Fsp3) is 0.455. The van der Waals surface area contributed by atoms with Gasteiger partial charge >= 0.3 is 0 Å². The Morgan fingerprint density at radius 3 is 3.06 bits per heavy atom. The molecule has 0 spiro atoms. The first-order valence-corrected chi connectivity index (χ1v) is 5.16. The molecule has 88 valence electrons. The summed E-state index contributed by atoms with van der Waals surface area (Å²) in [5.74, 6) is 0.590. The third-order valence-electron chi connectivity index (χ3n) is 2.10. The molecule has 5 heteroatoms. The highest BCUT2D eigenvalue weighted by Crippen LogP contribution is 2.07. The highest BCUT2D eigenvalue weighted by Gasteiger charge is 2.01. The number of pyridine rings is 1. The average molecular weight is 223 g/mol. The minimum absolute atomic E-state index is 0.0325. The second kappa shape index (κ2) is 6.79. The first kappa shape index (κ1) is 12.4. The summed E-state index contributed by atoms with van der Waals surface area (Å²) < 4.78 is 4.99. The average Bonchev–Trinajstić information content (AvgIpc) is 2.34. The lowest BCUT2D eigenvalue weighted by Gasteiger charge is -2.06. The van der Waals surface area contributed by atoms with Crippen molar-refractivity contribution in [3.8, 4) is 5.88 Å². The topological polar surface area (TPSA) is 63.2 Å². The molecule has 0 saturated carbocycles. The van der Waals surface area contributed by atoms with Crippen molar-refractivity contribution in [2.24, 2.45) is 0 Å². The van der Waals surface area contributed by atoms with E-state index in [1.54, 1.807) is 19.4 Å². The number of carbonyl (C=O) groups is 1. The highest BCUT2D eigenvalue weighted by atomic mass is 16.5. The van der Waals surface area contributed by atoms with Crippen molar-refractivity contribution in [3.63, 3.8) is 0 Å². The van der Waals surface area contributed by atoms with Crippen molar-refractivity contribution >= 4 is 5.91 Å². The van der Waals surface area contributed by atoms with Crippen LogP contribution in [-0.2, 0) is 11.3 Å². The second-order valence-electron chi connectivity index (χ2n) is 3.34. The monoisotopic (exact) mass is 223 g/mol. The Kier molecular flexibility index (Phi) is 5.28. The molecule has 16 heavy (non-hydrogen) atoms. The Morgan fingerprint density at radius 2 is 2.38 bits per heavy atom. The van der Waals surface area contributed by atoms with Crippen LogP contribution in [0.3, 0.4) is 0 Å². The van der Waals surface area contributed by atoms with Gasteiger partial charge in [-0.25, -0.2) is 4.98 Å². The maximum Gasteiger partial charge on any atom is 0.221 e. The zero-order chi connectivity index (χ0) is 11.8. The predicted molar refractivity (Wildman–Crippen MR) is 61.2 cm³/mol. The first-order valence-electron chi connectivity index (χ1n) is 5.16. The fourth-order valence-electron chi connectivity index (χ4n) is 1.20. The van der Waals surface area contributed by atoms with Crippen molar-refractivity contribution in [3.05, 3.63) is 23.9 Å². The fourth-order valence-corrected chi connectivity index (χ4v) is 1.20. The Bertz CT molecular complexity index is 342. The van der Waals surface area contributed by atoms with Crippen LogP contribution >= 0.6 is 0 Å². The molecule has 0 saturated heterocycles. The molecule has 1 heterocycles. The van der Waals surface area contributed by atoms with E-state index in [0.717, 1.165) is 5.56 Å². The quantitative estimate of drug-likeness (QED) is 0.729. The number of nitrogens with one attached hydrogen (secondary N) is 2. The third kappa shape index (κ3) is 4.27. The summed E-state index contributed by atoms with van der Waals surface area (Å²) in [5.41, 5.74) is 0.977. The molecule has 0 atom stereocenters. The van der Waals surface area contributed by atoms with Crippen molar-refractivity contribution < 1.29 is 9.53 Å². The highest BCUT2D eigenvalue weighted by molar-refractivity contribution is 5.76. The van der Waals surface area contributed by atoms with Crippen LogP contribution in [-0.4, -0.2) is 31.6 Å². The number of carbonyl (C=O) groups excluding carboxylic acids is 1. The van der Waals surface area contributed by atoms with Gasteiger partial charge in [-0.15, -0.1) is 0 Å². The predicted octanol–water partition coefficient (Wildman–Crippen LogP) is 0.316. The summed E-state index contributed by atoms with van der Waals surface area (Å²) in [6.07, 6.45) is 2.15. The van der Waals surface area contributed by atoms with Gasteiger partial charge in [0.25, 0.3) is 0 Å². The van der Waals surface area contributed by atoms with Crippen LogP contribution in [0.15, 0.2) is 18.3 Å². The molecule has 0 fully saturated rings. The summed E-state index contributed by atoms with van der Waals surface area (Å²) in [4.78, 5) is 15.3. The number of hydrogen-bond acceptors (Lipinski definition) is 4. The molecule has 1 aromatic rings. The molecule has 0 aliphatic heterocycles. The number of rotatable bonds is 6. The van der Waals surface area contributed by atoms with Crippen LogP contribution in [0.2, 0.25) is 0 Å². The number of ether oxygens (including phenoxy) is 1. The first-order chi connectivity index (χ1) is 7.76. The minimum atomic E-state index is 0.0325. The van der Waals surface area contributed by atoms with Gasteiger partial charge in [0.2, 0.25) is 11.8 Å². The van der Waals surface area contributed by atoms with Crippen LogP contribution in [0.4, 0.5) is 0 Å². The van der Waals surface area contributed by atoms with Gasteiger partial charge in [0.05, 0.1) is 7.11 Å². The Balaban J connectivity index is 2.38. The van der Waals surface area contributed by atoms with Gasteiger partial charge in [-0.05, 0) is 18.7 Å². The molecule has 1 rings (SSSR count). The molecule has 0 aromatic carbocycles. The van der Waals surface area contributed by atoms with E-state index in [1.807, 2.05) is 13.1 Å². The molecule has 0 bridgehead atoms. The molecule has 1 aromatic heterocycles. The maximum absolute atomic E-state index is 11.3. The summed E-state index contributed by atoms with van der Waals surface area (Å²) in [7, 11) is 3.39. The van der Waals surface area contributed by atoms with Gasteiger partial charge in [0, 0.05) is 31.8 Å². The maximum atomic E-state index is 11.3. The van der Waals surface area contributed by atoms with Gasteiger partial charge < -0.3 is 15.4 Å². The number of amides is 1. The van der Waals surface area contributed by atoms with Crippen LogP contribution < -0.4 is 15.4 Å². The number of aromatic nitrogens is 1. The minimum Gasteiger partial charge on any atom is -0.481 e. The lowest BCUT2D eigenvalue weighted by molar-refractivity contribution is -0.121. The van der Waals surface area contributed by atoms with Crippen LogP contribution in [0, 0.1) is 0 Å². The zero-order valence-corrected chi connectivity index (χ0v) is 9.62. The van der Waals surface area contributed by atoms with Crippen LogP contribution in [0.25, 0.3) is 0 Å². The summed E-state index contributed by atoms with van der Waals surface area (Å²) in [6, 6.07) is 3.65. The van der Waals surface area contributed by atoms with Crippen molar-refractivity contribution in [2.45, 2.75) is 13.0 Å². The number of hydrogen-bond donors (Lipinski definition) is 2. The molecule has 5 nitrogen and oxygen atoms in total. The molecular weight excluding hydrogens is 206 g/mol. The zero-order valence-electron chi connectivity index (χ0n) is 9.62. The lowest BCUT2D eigenvalue weighted by atomic mass is 10.2. The van der Waals surface area contributed by atoms with Gasteiger partial charge in [-0.2, -0.15) is 0 Å². The molecule has 2 N–H and O–H groups in total. The second-order valence-corrected chi connectivity index (χ2v) is 3.34. The van der Waals surface area contributed by atoms with Crippen molar-refractivity contribution in [1.82, 2.24) is 15.6 Å². The standard InChI is InChI=1S/C11H17N3O2/c1-12-5-4-10(15)14-8-9-3-6-13-11(7-9)16-2/h3,6-7,12H,4-5,8H2,1-2H3,(H,14,15). The van der Waals surface area contributed by atoms with E-state index < -0.39 is 0 Å². The van der Waals surface area contributed by atoms with Crippen LogP contribution in [0.1, 0.15) is 12.0 Å². The summed E-state index contributed by atoms with van der Waals surface area (Å²) in [6.45, 7) is 1.19. The Hall–Kier alpha value is -1.62. The van der Waals surface area contributed by atoms with Gasteiger partial charge in [0.15, 0.2) is 0 Å². The van der Waals surface area contributed by atoms with Gasteiger partial charge in [0.1, 0.15) is 0 Å². The Morgan fingerprint density at radius 1 is 1.56 bits per heavy atom. The van der Waals surface area contributed by atoms with Crippen molar-refractivity contribution in [1.29, 1.82) is 0 Å². The van der Waals surface area contributed by atoms with E-state index >= 15 is 0 Å². The molecule has 0 aliphatic carbocycles. The molecule has 0 aliphatic rings. The van der Waals surface area contributed by atoms with Gasteiger partial charge in [-0.1, -0.05) is 0 Å². The largest absolute Gasteiger partial charge is 0.481 e. The third-order valence-corrected chi connectivity index (χ3v) is 2.10. The molecule has 1 amide bonds. The van der Waals surface area contributed by atoms with E-state index in [0.29, 0.717) is 25.4 Å². The van der Waals surface area contributed by atoms with Crippen LogP contribution in [0.5, 0.6) is 5.88 Å². The van der Waals surface area contributed by atoms with E-state index in [4.69, 9.17) is 4.74 Å². The molecule has 0 radical (unpaired) electrons. The SMILES string of the molecule is CNCCC(=O)NCc1ccnc(OC)c1. The van der Waals surface area contributed by atoms with E-state index in [1.165, 1.54) is 0 Å². The van der Waals surface area contributed by atoms with E-state index in [2.05, 4.69) is 15.6 Å². The summed E-state index contributed by atoms with van der Waals surface area (Å²) in [5, 5.41) is 5.75. The molecular formula is C11H17N3O2. The smallest absolute Gasteiger partial charge is 0.221 e. The molecule has 0 unspecified atom stereocenters. The number of methoxy groups -OCH3 is 1.